The summed E-state index contributed by atoms with van der Waals surface area (Å²) in [5, 5.41) is 3.76. The highest BCUT2D eigenvalue weighted by Gasteiger charge is 2.23. The Bertz CT molecular complexity index is 595. The fourth-order valence-electron chi connectivity index (χ4n) is 2.60. The summed E-state index contributed by atoms with van der Waals surface area (Å²) in [6.45, 7) is 0.876. The maximum Gasteiger partial charge on any atom is 0.144 e. The van der Waals surface area contributed by atoms with E-state index in [1.54, 1.807) is 6.07 Å². The van der Waals surface area contributed by atoms with Gasteiger partial charge in [0.05, 0.1) is 5.02 Å². The Morgan fingerprint density at radius 3 is 2.57 bits per heavy atom. The van der Waals surface area contributed by atoms with Crippen LogP contribution in [-0.2, 0) is 6.42 Å². The first-order chi connectivity index (χ1) is 10.2. The number of halogens is 2. The molecule has 1 fully saturated rings. The molecule has 0 amide bonds. The standard InChI is InChI=1S/C18H19ClFN/c19-17-8-4-7-14(18(17)20)11-15(12-21-16-9-10-16)13-5-2-1-3-6-13/h1-8,15-16,21H,9-12H2. The lowest BCUT2D eigenvalue weighted by atomic mass is 9.91. The van der Waals surface area contributed by atoms with Crippen LogP contribution in [0.15, 0.2) is 48.5 Å². The van der Waals surface area contributed by atoms with Crippen LogP contribution in [0.2, 0.25) is 5.02 Å². The average molecular weight is 304 g/mol. The first-order valence-corrected chi connectivity index (χ1v) is 7.83. The van der Waals surface area contributed by atoms with Gasteiger partial charge in [-0.15, -0.1) is 0 Å². The molecule has 0 saturated heterocycles. The predicted molar refractivity (Wildman–Crippen MR) is 85.3 cm³/mol. The summed E-state index contributed by atoms with van der Waals surface area (Å²) in [7, 11) is 0. The molecular formula is C18H19ClFN. The van der Waals surface area contributed by atoms with Crippen LogP contribution in [0.25, 0.3) is 0 Å². The Morgan fingerprint density at radius 1 is 1.10 bits per heavy atom. The Kier molecular flexibility index (Phi) is 4.57. The third-order valence-corrected chi connectivity index (χ3v) is 4.29. The molecule has 21 heavy (non-hydrogen) atoms. The van der Waals surface area contributed by atoms with E-state index in [0.717, 1.165) is 6.54 Å². The molecule has 1 aliphatic carbocycles. The maximum absolute atomic E-state index is 14.1. The van der Waals surface area contributed by atoms with Crippen LogP contribution in [0, 0.1) is 5.82 Å². The van der Waals surface area contributed by atoms with Crippen molar-refractivity contribution in [2.24, 2.45) is 0 Å². The topological polar surface area (TPSA) is 12.0 Å². The number of hydrogen-bond acceptors (Lipinski definition) is 1. The quantitative estimate of drug-likeness (QED) is 0.825. The zero-order valence-electron chi connectivity index (χ0n) is 11.9. The number of nitrogens with one attached hydrogen (secondary N) is 1. The summed E-state index contributed by atoms with van der Waals surface area (Å²) in [5.74, 6) is -0.0220. The van der Waals surface area contributed by atoms with Crippen molar-refractivity contribution >= 4 is 11.6 Å². The van der Waals surface area contributed by atoms with Crippen molar-refractivity contribution in [3.05, 3.63) is 70.5 Å². The molecule has 1 atom stereocenters. The third-order valence-electron chi connectivity index (χ3n) is 4.00. The summed E-state index contributed by atoms with van der Waals surface area (Å²) in [6, 6.07) is 16.2. The fraction of sp³-hybridized carbons (Fsp3) is 0.333. The maximum atomic E-state index is 14.1. The summed E-state index contributed by atoms with van der Waals surface area (Å²) in [5.41, 5.74) is 1.93. The van der Waals surface area contributed by atoms with Crippen LogP contribution in [-0.4, -0.2) is 12.6 Å². The molecule has 3 rings (SSSR count). The van der Waals surface area contributed by atoms with Crippen molar-refractivity contribution in [1.82, 2.24) is 5.32 Å². The third kappa shape index (κ3) is 3.84. The molecule has 1 nitrogen and oxygen atoms in total. The molecule has 1 saturated carbocycles. The van der Waals surface area contributed by atoms with Gasteiger partial charge < -0.3 is 5.32 Å². The van der Waals surface area contributed by atoms with E-state index in [4.69, 9.17) is 11.6 Å². The zero-order valence-corrected chi connectivity index (χ0v) is 12.6. The van der Waals surface area contributed by atoms with Crippen molar-refractivity contribution in [3.8, 4) is 0 Å². The first-order valence-electron chi connectivity index (χ1n) is 7.45. The minimum Gasteiger partial charge on any atom is -0.313 e. The second kappa shape index (κ2) is 6.59. The van der Waals surface area contributed by atoms with Gasteiger partial charge in [0.2, 0.25) is 0 Å². The molecular weight excluding hydrogens is 285 g/mol. The van der Waals surface area contributed by atoms with Gasteiger partial charge in [0.25, 0.3) is 0 Å². The highest BCUT2D eigenvalue weighted by atomic mass is 35.5. The van der Waals surface area contributed by atoms with E-state index in [2.05, 4.69) is 17.4 Å². The van der Waals surface area contributed by atoms with Gasteiger partial charge in [-0.2, -0.15) is 0 Å². The predicted octanol–water partition coefficient (Wildman–Crippen LogP) is 4.56. The molecule has 2 aromatic carbocycles. The molecule has 1 aliphatic rings. The van der Waals surface area contributed by atoms with Crippen molar-refractivity contribution in [3.63, 3.8) is 0 Å². The normalized spacial score (nSPS) is 15.9. The Hall–Kier alpha value is -1.38. The number of rotatable bonds is 6. The molecule has 0 aliphatic heterocycles. The summed E-state index contributed by atoms with van der Waals surface area (Å²) in [4.78, 5) is 0. The molecule has 0 heterocycles. The van der Waals surface area contributed by atoms with Gasteiger partial charge in [0.15, 0.2) is 0 Å². The van der Waals surface area contributed by atoms with Crippen molar-refractivity contribution < 1.29 is 4.39 Å². The number of hydrogen-bond donors (Lipinski definition) is 1. The van der Waals surface area contributed by atoms with Crippen molar-refractivity contribution in [2.75, 3.05) is 6.54 Å². The molecule has 2 aromatic rings. The van der Waals surface area contributed by atoms with E-state index < -0.39 is 0 Å². The lowest BCUT2D eigenvalue weighted by molar-refractivity contribution is 0.553. The van der Waals surface area contributed by atoms with Crippen LogP contribution < -0.4 is 5.32 Å². The van der Waals surface area contributed by atoms with Crippen molar-refractivity contribution in [2.45, 2.75) is 31.2 Å². The van der Waals surface area contributed by atoms with Crippen LogP contribution >= 0.6 is 11.6 Å². The van der Waals surface area contributed by atoms with Crippen LogP contribution in [0.1, 0.15) is 29.9 Å². The molecule has 1 N–H and O–H groups in total. The number of benzene rings is 2. The van der Waals surface area contributed by atoms with Crippen LogP contribution in [0.3, 0.4) is 0 Å². The minimum absolute atomic E-state index is 0.203. The second-order valence-electron chi connectivity index (χ2n) is 5.71. The van der Waals surface area contributed by atoms with E-state index in [1.165, 1.54) is 18.4 Å². The molecule has 0 spiro atoms. The lowest BCUT2D eigenvalue weighted by Gasteiger charge is -2.19. The Morgan fingerprint density at radius 2 is 1.86 bits per heavy atom. The molecule has 110 valence electrons. The van der Waals surface area contributed by atoms with E-state index in [1.807, 2.05) is 30.3 Å². The average Bonchev–Trinajstić information content (AvgIpc) is 3.33. The molecule has 0 bridgehead atoms. The van der Waals surface area contributed by atoms with E-state index in [0.29, 0.717) is 18.0 Å². The highest BCUT2D eigenvalue weighted by molar-refractivity contribution is 6.30. The molecule has 0 radical (unpaired) electrons. The molecule has 1 unspecified atom stereocenters. The van der Waals surface area contributed by atoms with E-state index in [-0.39, 0.29) is 16.8 Å². The van der Waals surface area contributed by atoms with Crippen LogP contribution in [0.4, 0.5) is 4.39 Å². The summed E-state index contributed by atoms with van der Waals surface area (Å²) in [6.07, 6.45) is 3.18. The van der Waals surface area contributed by atoms with Gasteiger partial charge in [0.1, 0.15) is 5.82 Å². The van der Waals surface area contributed by atoms with Gasteiger partial charge in [0, 0.05) is 18.5 Å². The van der Waals surface area contributed by atoms with Crippen LogP contribution in [0.5, 0.6) is 0 Å². The Labute approximate surface area is 130 Å². The smallest absolute Gasteiger partial charge is 0.144 e. The van der Waals surface area contributed by atoms with Gasteiger partial charge in [-0.1, -0.05) is 54.1 Å². The van der Waals surface area contributed by atoms with E-state index in [9.17, 15) is 4.39 Å². The summed E-state index contributed by atoms with van der Waals surface area (Å²) < 4.78 is 14.1. The van der Waals surface area contributed by atoms with E-state index >= 15 is 0 Å². The minimum atomic E-state index is -0.286. The molecule has 0 aromatic heterocycles. The van der Waals surface area contributed by atoms with Gasteiger partial charge in [-0.3, -0.25) is 0 Å². The zero-order chi connectivity index (χ0) is 14.7. The van der Waals surface area contributed by atoms with Gasteiger partial charge >= 0.3 is 0 Å². The van der Waals surface area contributed by atoms with Gasteiger partial charge in [-0.05, 0) is 36.5 Å². The Balaban J connectivity index is 1.79. The molecule has 3 heteroatoms. The lowest BCUT2D eigenvalue weighted by Crippen LogP contribution is -2.25. The van der Waals surface area contributed by atoms with Crippen molar-refractivity contribution in [1.29, 1.82) is 0 Å². The summed E-state index contributed by atoms with van der Waals surface area (Å²) >= 11 is 5.89. The first kappa shape index (κ1) is 14.6. The fourth-order valence-corrected chi connectivity index (χ4v) is 2.80. The SMILES string of the molecule is Fc1c(Cl)cccc1CC(CNC1CC1)c1ccccc1. The highest BCUT2D eigenvalue weighted by Crippen LogP contribution is 2.26. The monoisotopic (exact) mass is 303 g/mol. The largest absolute Gasteiger partial charge is 0.313 e. The van der Waals surface area contributed by atoms with Gasteiger partial charge in [-0.25, -0.2) is 4.39 Å². The second-order valence-corrected chi connectivity index (χ2v) is 6.11.